The number of aryl methyl sites for hydroxylation is 2. The maximum atomic E-state index is 2.25. The van der Waals surface area contributed by atoms with E-state index in [1.54, 1.807) is 0 Å². The van der Waals surface area contributed by atoms with Gasteiger partial charge in [0, 0.05) is 0 Å². The Bertz CT molecular complexity index is 295. The lowest BCUT2D eigenvalue weighted by atomic mass is 9.96. The van der Waals surface area contributed by atoms with Crippen molar-refractivity contribution in [2.75, 3.05) is 0 Å². The minimum atomic E-state index is 1.20. The van der Waals surface area contributed by atoms with E-state index in [1.165, 1.54) is 29.5 Å². The molecule has 1 aromatic carbocycles. The van der Waals surface area contributed by atoms with E-state index in [1.807, 2.05) is 13.8 Å². The summed E-state index contributed by atoms with van der Waals surface area (Å²) in [7, 11) is 0. The Balaban J connectivity index is 0.000000396. The van der Waals surface area contributed by atoms with E-state index in [4.69, 9.17) is 0 Å². The Morgan fingerprint density at radius 1 is 1.15 bits per heavy atom. The molecule has 0 saturated heterocycles. The van der Waals surface area contributed by atoms with E-state index in [0.29, 0.717) is 0 Å². The van der Waals surface area contributed by atoms with Crippen LogP contribution in [0.1, 0.15) is 37.0 Å². The van der Waals surface area contributed by atoms with E-state index < -0.39 is 0 Å². The maximum Gasteiger partial charge on any atom is -0.0225 e. The van der Waals surface area contributed by atoms with Crippen molar-refractivity contribution in [1.29, 1.82) is 0 Å². The molecule has 0 fully saturated rings. The Hall–Kier alpha value is -1.04. The van der Waals surface area contributed by atoms with Gasteiger partial charge in [0.05, 0.1) is 0 Å². The summed E-state index contributed by atoms with van der Waals surface area (Å²) in [5, 5.41) is 0. The van der Waals surface area contributed by atoms with Crippen molar-refractivity contribution in [3.63, 3.8) is 0 Å². The second kappa shape index (κ2) is 4.86. The highest BCUT2D eigenvalue weighted by molar-refractivity contribution is 5.57. The van der Waals surface area contributed by atoms with Gasteiger partial charge in [0.1, 0.15) is 0 Å². The molecule has 0 spiro atoms. The molecule has 13 heavy (non-hydrogen) atoms. The molecule has 0 bridgehead atoms. The number of fused-ring (bicyclic) bond motifs is 1. The fourth-order valence-electron chi connectivity index (χ4n) is 1.55. The number of rotatable bonds is 0. The fraction of sp³-hybridized carbons (Fsp3) is 0.385. The molecule has 0 heterocycles. The number of hydrogen-bond acceptors (Lipinski definition) is 0. The first kappa shape index (κ1) is 10.0. The Morgan fingerprint density at radius 2 is 1.92 bits per heavy atom. The van der Waals surface area contributed by atoms with Gasteiger partial charge < -0.3 is 0 Å². The first-order valence-electron chi connectivity index (χ1n) is 5.12. The van der Waals surface area contributed by atoms with Gasteiger partial charge in [-0.2, -0.15) is 0 Å². The smallest absolute Gasteiger partial charge is 0.0225 e. The SMILES string of the molecule is CC.Cc1ccc2c(c1)C=CCC2. The molecule has 0 nitrogen and oxygen atoms in total. The topological polar surface area (TPSA) is 0 Å². The third-order valence-corrected chi connectivity index (χ3v) is 2.18. The molecule has 0 N–H and O–H groups in total. The molecular formula is C13H18. The van der Waals surface area contributed by atoms with Crippen LogP contribution in [0, 0.1) is 6.92 Å². The summed E-state index contributed by atoms with van der Waals surface area (Å²) >= 11 is 0. The molecule has 70 valence electrons. The number of hydrogen-bond donors (Lipinski definition) is 0. The van der Waals surface area contributed by atoms with E-state index in [0.717, 1.165) is 0 Å². The second-order valence-corrected chi connectivity index (χ2v) is 3.14. The summed E-state index contributed by atoms with van der Waals surface area (Å²) in [4.78, 5) is 0. The molecule has 0 aromatic heterocycles. The lowest BCUT2D eigenvalue weighted by molar-refractivity contribution is 0.984. The first-order valence-corrected chi connectivity index (χ1v) is 5.12. The Labute approximate surface area is 81.3 Å². The van der Waals surface area contributed by atoms with Crippen LogP contribution in [0.3, 0.4) is 0 Å². The van der Waals surface area contributed by atoms with Crippen molar-refractivity contribution in [2.45, 2.75) is 33.6 Å². The third kappa shape index (κ3) is 2.45. The van der Waals surface area contributed by atoms with Crippen LogP contribution in [0.4, 0.5) is 0 Å². The number of benzene rings is 1. The summed E-state index contributed by atoms with van der Waals surface area (Å²) in [6.07, 6.45) is 6.90. The van der Waals surface area contributed by atoms with Crippen LogP contribution >= 0.6 is 0 Å². The van der Waals surface area contributed by atoms with Crippen molar-refractivity contribution in [3.05, 3.63) is 41.0 Å². The molecule has 1 aliphatic rings. The summed E-state index contributed by atoms with van der Waals surface area (Å²) in [6.45, 7) is 6.14. The van der Waals surface area contributed by atoms with Gasteiger partial charge >= 0.3 is 0 Å². The fourth-order valence-corrected chi connectivity index (χ4v) is 1.55. The van der Waals surface area contributed by atoms with Gasteiger partial charge in [-0.25, -0.2) is 0 Å². The van der Waals surface area contributed by atoms with Gasteiger partial charge in [-0.1, -0.05) is 49.8 Å². The molecule has 1 aromatic rings. The lowest BCUT2D eigenvalue weighted by Gasteiger charge is -2.09. The quantitative estimate of drug-likeness (QED) is 0.558. The molecule has 0 aliphatic heterocycles. The van der Waals surface area contributed by atoms with Crippen LogP contribution in [0.15, 0.2) is 24.3 Å². The lowest BCUT2D eigenvalue weighted by Crippen LogP contribution is -1.93. The van der Waals surface area contributed by atoms with Crippen molar-refractivity contribution in [1.82, 2.24) is 0 Å². The summed E-state index contributed by atoms with van der Waals surface area (Å²) in [6, 6.07) is 6.69. The molecule has 0 atom stereocenters. The van der Waals surface area contributed by atoms with Crippen LogP contribution in [-0.2, 0) is 6.42 Å². The third-order valence-electron chi connectivity index (χ3n) is 2.18. The predicted octanol–water partition coefficient (Wildman–Crippen LogP) is 3.98. The maximum absolute atomic E-state index is 2.25. The van der Waals surface area contributed by atoms with Crippen molar-refractivity contribution < 1.29 is 0 Å². The first-order chi connectivity index (χ1) is 6.36. The molecular weight excluding hydrogens is 156 g/mol. The zero-order valence-electron chi connectivity index (χ0n) is 8.80. The predicted molar refractivity (Wildman–Crippen MR) is 59.9 cm³/mol. The summed E-state index contributed by atoms with van der Waals surface area (Å²) < 4.78 is 0. The largest absolute Gasteiger partial charge is 0.0836 e. The minimum Gasteiger partial charge on any atom is -0.0836 e. The molecule has 1 aliphatic carbocycles. The van der Waals surface area contributed by atoms with Gasteiger partial charge in [0.15, 0.2) is 0 Å². The highest BCUT2D eigenvalue weighted by Crippen LogP contribution is 2.19. The van der Waals surface area contributed by atoms with Gasteiger partial charge in [-0.3, -0.25) is 0 Å². The van der Waals surface area contributed by atoms with E-state index in [-0.39, 0.29) is 0 Å². The normalized spacial score (nSPS) is 12.8. The van der Waals surface area contributed by atoms with E-state index in [2.05, 4.69) is 37.3 Å². The van der Waals surface area contributed by atoms with Crippen molar-refractivity contribution in [3.8, 4) is 0 Å². The second-order valence-electron chi connectivity index (χ2n) is 3.14. The zero-order chi connectivity index (χ0) is 9.68. The van der Waals surface area contributed by atoms with E-state index >= 15 is 0 Å². The Kier molecular flexibility index (Phi) is 3.75. The standard InChI is InChI=1S/C11H12.C2H6/c1-9-6-7-10-4-2-3-5-11(10)8-9;1-2/h3,5-8H,2,4H2,1H3;1-2H3. The molecule has 0 amide bonds. The van der Waals surface area contributed by atoms with Gasteiger partial charge in [-0.05, 0) is 30.9 Å². The van der Waals surface area contributed by atoms with Gasteiger partial charge in [-0.15, -0.1) is 0 Å². The van der Waals surface area contributed by atoms with E-state index in [9.17, 15) is 0 Å². The van der Waals surface area contributed by atoms with Gasteiger partial charge in [0.2, 0.25) is 0 Å². The minimum absolute atomic E-state index is 1.20. The average molecular weight is 174 g/mol. The Morgan fingerprint density at radius 3 is 2.69 bits per heavy atom. The average Bonchev–Trinajstić information content (AvgIpc) is 2.21. The molecule has 2 rings (SSSR count). The summed E-state index contributed by atoms with van der Waals surface area (Å²) in [5.74, 6) is 0. The highest BCUT2D eigenvalue weighted by Gasteiger charge is 2.02. The van der Waals surface area contributed by atoms with Gasteiger partial charge in [0.25, 0.3) is 0 Å². The molecule has 0 radical (unpaired) electrons. The number of allylic oxidation sites excluding steroid dienone is 1. The van der Waals surface area contributed by atoms with Crippen LogP contribution in [0.25, 0.3) is 6.08 Å². The van der Waals surface area contributed by atoms with Crippen molar-refractivity contribution in [2.24, 2.45) is 0 Å². The van der Waals surface area contributed by atoms with Crippen LogP contribution in [0.5, 0.6) is 0 Å². The van der Waals surface area contributed by atoms with Crippen LogP contribution in [-0.4, -0.2) is 0 Å². The van der Waals surface area contributed by atoms with Crippen LogP contribution in [0.2, 0.25) is 0 Å². The molecule has 0 saturated carbocycles. The molecule has 0 unspecified atom stereocenters. The zero-order valence-corrected chi connectivity index (χ0v) is 8.80. The monoisotopic (exact) mass is 174 g/mol. The highest BCUT2D eigenvalue weighted by atomic mass is 14.1. The summed E-state index contributed by atoms with van der Waals surface area (Å²) in [5.41, 5.74) is 4.27. The van der Waals surface area contributed by atoms with Crippen molar-refractivity contribution >= 4 is 6.08 Å². The van der Waals surface area contributed by atoms with Crippen LogP contribution < -0.4 is 0 Å². The molecule has 0 heteroatoms.